The molecule has 174 valence electrons. The SMILES string of the molecule is CCCCCc1nc2c(N)nc3ccccc3c2n1CCCCNS(=O)(=O)c1ccccc1. The van der Waals surface area contributed by atoms with Crippen molar-refractivity contribution >= 4 is 37.8 Å². The van der Waals surface area contributed by atoms with Crippen molar-refractivity contribution in [3.05, 3.63) is 60.4 Å². The summed E-state index contributed by atoms with van der Waals surface area (Å²) >= 11 is 0. The Labute approximate surface area is 195 Å². The molecule has 0 aliphatic rings. The van der Waals surface area contributed by atoms with Gasteiger partial charge >= 0.3 is 0 Å². The van der Waals surface area contributed by atoms with Crippen molar-refractivity contribution in [2.24, 2.45) is 0 Å². The van der Waals surface area contributed by atoms with Gasteiger partial charge in [0.15, 0.2) is 5.82 Å². The van der Waals surface area contributed by atoms with Gasteiger partial charge in [0.05, 0.1) is 15.9 Å². The van der Waals surface area contributed by atoms with Gasteiger partial charge in [0, 0.05) is 24.9 Å². The van der Waals surface area contributed by atoms with E-state index in [2.05, 4.69) is 27.3 Å². The molecule has 2 aromatic heterocycles. The molecule has 0 spiro atoms. The molecule has 0 aliphatic heterocycles. The van der Waals surface area contributed by atoms with Gasteiger partial charge in [-0.1, -0.05) is 56.2 Å². The highest BCUT2D eigenvalue weighted by Crippen LogP contribution is 2.29. The van der Waals surface area contributed by atoms with Crippen LogP contribution < -0.4 is 10.5 Å². The molecular weight excluding hydrogens is 434 g/mol. The maximum absolute atomic E-state index is 12.4. The molecule has 2 aromatic carbocycles. The second kappa shape index (κ2) is 10.3. The first-order chi connectivity index (χ1) is 16.0. The topological polar surface area (TPSA) is 103 Å². The number of rotatable bonds is 11. The molecule has 0 fully saturated rings. The molecule has 0 bridgehead atoms. The Hall–Kier alpha value is -2.97. The number of benzene rings is 2. The van der Waals surface area contributed by atoms with Crippen molar-refractivity contribution in [2.45, 2.75) is 56.9 Å². The van der Waals surface area contributed by atoms with E-state index in [4.69, 9.17) is 10.7 Å². The molecule has 0 unspecified atom stereocenters. The van der Waals surface area contributed by atoms with Crippen LogP contribution in [0.3, 0.4) is 0 Å². The summed E-state index contributed by atoms with van der Waals surface area (Å²) in [4.78, 5) is 9.71. The Morgan fingerprint density at radius 1 is 0.939 bits per heavy atom. The van der Waals surface area contributed by atoms with Gasteiger partial charge in [-0.15, -0.1) is 0 Å². The van der Waals surface area contributed by atoms with Crippen LogP contribution >= 0.6 is 0 Å². The van der Waals surface area contributed by atoms with Crippen molar-refractivity contribution in [2.75, 3.05) is 12.3 Å². The van der Waals surface area contributed by atoms with Crippen molar-refractivity contribution in [3.63, 3.8) is 0 Å². The third-order valence-corrected chi connectivity index (χ3v) is 7.32. The van der Waals surface area contributed by atoms with Crippen LogP contribution in [-0.4, -0.2) is 29.5 Å². The zero-order valence-electron chi connectivity index (χ0n) is 19.0. The van der Waals surface area contributed by atoms with Crippen LogP contribution in [-0.2, 0) is 23.0 Å². The number of nitrogens with one attached hydrogen (secondary N) is 1. The van der Waals surface area contributed by atoms with Crippen LogP contribution in [0.15, 0.2) is 59.5 Å². The normalized spacial score (nSPS) is 12.0. The van der Waals surface area contributed by atoms with Crippen molar-refractivity contribution in [1.29, 1.82) is 0 Å². The number of hydrogen-bond acceptors (Lipinski definition) is 5. The lowest BCUT2D eigenvalue weighted by Crippen LogP contribution is -2.25. The van der Waals surface area contributed by atoms with Gasteiger partial charge in [0.2, 0.25) is 10.0 Å². The summed E-state index contributed by atoms with van der Waals surface area (Å²) in [6, 6.07) is 16.5. The van der Waals surface area contributed by atoms with Crippen LogP contribution in [0, 0.1) is 0 Å². The standard InChI is InChI=1S/C25H31N5O2S/c1-2-3-5-16-22-29-23-24(20-14-8-9-15-21(20)28-25(23)26)30(22)18-11-10-17-27-33(31,32)19-12-6-4-7-13-19/h4,6-9,12-15,27H,2-3,5,10-11,16-18H2,1H3,(H2,26,28). The number of nitrogens with zero attached hydrogens (tertiary/aromatic N) is 3. The smallest absolute Gasteiger partial charge is 0.240 e. The zero-order valence-corrected chi connectivity index (χ0v) is 19.8. The molecule has 0 amide bonds. The molecule has 4 rings (SSSR count). The molecule has 0 saturated carbocycles. The van der Waals surface area contributed by atoms with Gasteiger partial charge in [-0.05, 0) is 37.5 Å². The van der Waals surface area contributed by atoms with Crippen LogP contribution in [0.4, 0.5) is 5.82 Å². The number of anilines is 1. The number of para-hydroxylation sites is 1. The predicted molar refractivity (Wildman–Crippen MR) is 134 cm³/mol. The second-order valence-corrected chi connectivity index (χ2v) is 10.0. The fourth-order valence-corrected chi connectivity index (χ4v) is 5.25. The van der Waals surface area contributed by atoms with Crippen molar-refractivity contribution < 1.29 is 8.42 Å². The lowest BCUT2D eigenvalue weighted by molar-refractivity contribution is 0.560. The highest BCUT2D eigenvalue weighted by atomic mass is 32.2. The van der Waals surface area contributed by atoms with E-state index >= 15 is 0 Å². The number of unbranched alkanes of at least 4 members (excludes halogenated alkanes) is 3. The van der Waals surface area contributed by atoms with Gasteiger partial charge in [-0.2, -0.15) is 0 Å². The lowest BCUT2D eigenvalue weighted by Gasteiger charge is -2.11. The molecule has 7 nitrogen and oxygen atoms in total. The summed E-state index contributed by atoms with van der Waals surface area (Å²) in [5, 5.41) is 1.04. The van der Waals surface area contributed by atoms with Crippen molar-refractivity contribution in [3.8, 4) is 0 Å². The Morgan fingerprint density at radius 2 is 1.70 bits per heavy atom. The number of imidazole rings is 1. The Morgan fingerprint density at radius 3 is 2.48 bits per heavy atom. The average molecular weight is 466 g/mol. The summed E-state index contributed by atoms with van der Waals surface area (Å²) in [7, 11) is -3.48. The number of fused-ring (bicyclic) bond motifs is 3. The first-order valence-electron chi connectivity index (χ1n) is 11.6. The molecule has 3 N–H and O–H groups in total. The highest BCUT2D eigenvalue weighted by Gasteiger charge is 2.17. The summed E-state index contributed by atoms with van der Waals surface area (Å²) in [6.07, 6.45) is 5.80. The molecule has 0 atom stereocenters. The molecular formula is C25H31N5O2S. The van der Waals surface area contributed by atoms with Crippen LogP contribution in [0.2, 0.25) is 0 Å². The largest absolute Gasteiger partial charge is 0.382 e. The molecule has 8 heteroatoms. The number of nitrogens with two attached hydrogens (primary N) is 1. The third kappa shape index (κ3) is 5.17. The van der Waals surface area contributed by atoms with E-state index in [1.807, 2.05) is 18.2 Å². The van der Waals surface area contributed by atoms with Gasteiger partial charge in [0.25, 0.3) is 0 Å². The van der Waals surface area contributed by atoms with E-state index in [0.29, 0.717) is 17.3 Å². The van der Waals surface area contributed by atoms with E-state index in [1.165, 1.54) is 0 Å². The quantitative estimate of drug-likeness (QED) is 0.314. The molecule has 4 aromatic rings. The summed E-state index contributed by atoms with van der Waals surface area (Å²) in [5.41, 5.74) is 8.91. The van der Waals surface area contributed by atoms with Crippen LogP contribution in [0.5, 0.6) is 0 Å². The zero-order chi connectivity index (χ0) is 23.3. The number of pyridine rings is 1. The lowest BCUT2D eigenvalue weighted by atomic mass is 10.1. The molecule has 0 saturated heterocycles. The van der Waals surface area contributed by atoms with Crippen LogP contribution in [0.1, 0.15) is 44.9 Å². The number of hydrogen-bond donors (Lipinski definition) is 2. The van der Waals surface area contributed by atoms with E-state index < -0.39 is 10.0 Å². The Bertz CT molecular complexity index is 1330. The minimum absolute atomic E-state index is 0.290. The van der Waals surface area contributed by atoms with Crippen LogP contribution in [0.25, 0.3) is 21.9 Å². The van der Waals surface area contributed by atoms with Gasteiger partial charge < -0.3 is 10.3 Å². The maximum atomic E-state index is 12.4. The monoisotopic (exact) mass is 465 g/mol. The molecule has 0 radical (unpaired) electrons. The summed E-state index contributed by atoms with van der Waals surface area (Å²) in [5.74, 6) is 1.47. The summed E-state index contributed by atoms with van der Waals surface area (Å²) < 4.78 is 29.8. The first-order valence-corrected chi connectivity index (χ1v) is 13.1. The number of nitrogen functional groups attached to an aromatic ring is 1. The minimum Gasteiger partial charge on any atom is -0.382 e. The van der Waals surface area contributed by atoms with Gasteiger partial charge in [0.1, 0.15) is 11.3 Å². The highest BCUT2D eigenvalue weighted by molar-refractivity contribution is 7.89. The first kappa shape index (κ1) is 23.2. The maximum Gasteiger partial charge on any atom is 0.240 e. The number of aryl methyl sites for hydroxylation is 2. The third-order valence-electron chi connectivity index (χ3n) is 5.85. The Kier molecular flexibility index (Phi) is 7.25. The van der Waals surface area contributed by atoms with E-state index in [-0.39, 0.29) is 0 Å². The molecule has 33 heavy (non-hydrogen) atoms. The predicted octanol–water partition coefficient (Wildman–Crippen LogP) is 4.66. The number of aromatic nitrogens is 3. The fourth-order valence-electron chi connectivity index (χ4n) is 4.15. The Balaban J connectivity index is 1.52. The van der Waals surface area contributed by atoms with E-state index in [1.54, 1.807) is 30.3 Å². The molecule has 2 heterocycles. The van der Waals surface area contributed by atoms with E-state index in [0.717, 1.165) is 72.8 Å². The van der Waals surface area contributed by atoms with E-state index in [9.17, 15) is 8.42 Å². The minimum atomic E-state index is -3.48. The van der Waals surface area contributed by atoms with Gasteiger partial charge in [-0.25, -0.2) is 23.1 Å². The van der Waals surface area contributed by atoms with Gasteiger partial charge in [-0.3, -0.25) is 0 Å². The number of sulfonamides is 1. The summed E-state index contributed by atoms with van der Waals surface area (Å²) in [6.45, 7) is 3.33. The second-order valence-electron chi connectivity index (χ2n) is 8.27. The average Bonchev–Trinajstić information content (AvgIpc) is 3.19. The fraction of sp³-hybridized carbons (Fsp3) is 0.360. The molecule has 0 aliphatic carbocycles. The van der Waals surface area contributed by atoms with Crippen molar-refractivity contribution in [1.82, 2.24) is 19.3 Å².